The second-order valence-electron chi connectivity index (χ2n) is 7.07. The molecule has 1 aliphatic rings. The van der Waals surface area contributed by atoms with Gasteiger partial charge in [-0.2, -0.15) is 0 Å². The molecule has 0 bridgehead atoms. The molecule has 0 atom stereocenters. The normalized spacial score (nSPS) is 15.2. The first-order valence-corrected chi connectivity index (χ1v) is 11.0. The Morgan fingerprint density at radius 3 is 2.11 bits per heavy atom. The molecule has 0 aromatic heterocycles. The number of hydrogen-bond acceptors (Lipinski definition) is 4. The van der Waals surface area contributed by atoms with Crippen LogP contribution in [0.5, 0.6) is 0 Å². The van der Waals surface area contributed by atoms with E-state index in [0.29, 0.717) is 38.9 Å². The highest BCUT2D eigenvalue weighted by atomic mass is 32.2. The van der Waals surface area contributed by atoms with Crippen molar-refractivity contribution in [3.63, 3.8) is 0 Å². The van der Waals surface area contributed by atoms with Crippen LogP contribution >= 0.6 is 0 Å². The van der Waals surface area contributed by atoms with Crippen molar-refractivity contribution >= 4 is 21.8 Å². The number of nitrogens with two attached hydrogens (primary N) is 1. The Morgan fingerprint density at radius 2 is 1.67 bits per heavy atom. The van der Waals surface area contributed by atoms with Crippen molar-refractivity contribution in [2.75, 3.05) is 19.6 Å². The summed E-state index contributed by atoms with van der Waals surface area (Å²) >= 11 is 0. The third-order valence-corrected chi connectivity index (χ3v) is 5.75. The lowest BCUT2D eigenvalue weighted by Crippen LogP contribution is -2.46. The molecule has 7 nitrogen and oxygen atoms in total. The van der Waals surface area contributed by atoms with E-state index in [9.17, 15) is 18.0 Å². The van der Waals surface area contributed by atoms with Gasteiger partial charge in [-0.3, -0.25) is 9.59 Å². The number of carbonyl (C=O) groups excluding carboxylic acids is 2. The molecule has 0 heterocycles. The minimum Gasteiger partial charge on any atom is -0.355 e. The summed E-state index contributed by atoms with van der Waals surface area (Å²) in [4.78, 5) is 27.3. The Balaban J connectivity index is 1.90. The second kappa shape index (κ2) is 8.84. The van der Waals surface area contributed by atoms with Crippen LogP contribution < -0.4 is 10.5 Å². The molecule has 1 saturated carbocycles. The SMILES string of the molecule is CCCN(CCC)C(=O)C1(C(=O)NCCc2ccc(S(N)(=O)=O)cc2)CC1. The summed E-state index contributed by atoms with van der Waals surface area (Å²) in [6, 6.07) is 6.25. The van der Waals surface area contributed by atoms with Crippen LogP contribution in [0.25, 0.3) is 0 Å². The van der Waals surface area contributed by atoms with Gasteiger partial charge in [-0.15, -0.1) is 0 Å². The van der Waals surface area contributed by atoms with Crippen LogP contribution in [0, 0.1) is 5.41 Å². The highest BCUT2D eigenvalue weighted by Crippen LogP contribution is 2.47. The first-order chi connectivity index (χ1) is 12.7. The molecule has 0 aliphatic heterocycles. The van der Waals surface area contributed by atoms with Crippen LogP contribution in [0.2, 0.25) is 0 Å². The van der Waals surface area contributed by atoms with Gasteiger partial charge >= 0.3 is 0 Å². The van der Waals surface area contributed by atoms with Crippen LogP contribution in [0.1, 0.15) is 45.1 Å². The van der Waals surface area contributed by atoms with Gasteiger partial charge in [-0.1, -0.05) is 26.0 Å². The molecule has 1 aromatic carbocycles. The largest absolute Gasteiger partial charge is 0.355 e. The average Bonchev–Trinajstić information content (AvgIpc) is 3.42. The Hall–Kier alpha value is -1.93. The molecule has 2 amide bonds. The lowest BCUT2D eigenvalue weighted by Gasteiger charge is -2.26. The summed E-state index contributed by atoms with van der Waals surface area (Å²) in [6.07, 6.45) is 3.50. The zero-order chi connectivity index (χ0) is 20.1. The smallest absolute Gasteiger partial charge is 0.238 e. The summed E-state index contributed by atoms with van der Waals surface area (Å²) in [6.45, 7) is 5.80. The van der Waals surface area contributed by atoms with Gasteiger partial charge in [0.2, 0.25) is 21.8 Å². The fraction of sp³-hybridized carbons (Fsp3) is 0.579. The van der Waals surface area contributed by atoms with Gasteiger partial charge < -0.3 is 10.2 Å². The molecule has 0 unspecified atom stereocenters. The zero-order valence-corrected chi connectivity index (χ0v) is 16.8. The van der Waals surface area contributed by atoms with E-state index in [1.807, 2.05) is 13.8 Å². The lowest BCUT2D eigenvalue weighted by atomic mass is 10.0. The maximum Gasteiger partial charge on any atom is 0.238 e. The van der Waals surface area contributed by atoms with E-state index in [1.54, 1.807) is 17.0 Å². The molecule has 0 saturated heterocycles. The van der Waals surface area contributed by atoms with Gasteiger partial charge in [0.15, 0.2) is 0 Å². The van der Waals surface area contributed by atoms with Gasteiger partial charge in [0.05, 0.1) is 4.90 Å². The van der Waals surface area contributed by atoms with Crippen molar-refractivity contribution < 1.29 is 18.0 Å². The third-order valence-electron chi connectivity index (χ3n) is 4.82. The summed E-state index contributed by atoms with van der Waals surface area (Å²) in [7, 11) is -3.70. The standard InChI is InChI=1S/C19H29N3O4S/c1-3-13-22(14-4-2)18(24)19(10-11-19)17(23)21-12-9-15-5-7-16(8-6-15)27(20,25)26/h5-8H,3-4,9-14H2,1-2H3,(H,21,23)(H2,20,25,26). The molecule has 150 valence electrons. The van der Waals surface area contributed by atoms with E-state index in [2.05, 4.69) is 5.32 Å². The van der Waals surface area contributed by atoms with Gasteiger partial charge in [0, 0.05) is 19.6 Å². The predicted octanol–water partition coefficient (Wildman–Crippen LogP) is 1.42. The average molecular weight is 396 g/mol. The highest BCUT2D eigenvalue weighted by Gasteiger charge is 2.57. The topological polar surface area (TPSA) is 110 Å². The van der Waals surface area contributed by atoms with E-state index in [-0.39, 0.29) is 16.7 Å². The number of rotatable bonds is 10. The minimum atomic E-state index is -3.70. The van der Waals surface area contributed by atoms with Crippen molar-refractivity contribution in [3.8, 4) is 0 Å². The number of primary sulfonamides is 1. The first-order valence-electron chi connectivity index (χ1n) is 9.44. The molecular weight excluding hydrogens is 366 g/mol. The van der Waals surface area contributed by atoms with Crippen molar-refractivity contribution in [3.05, 3.63) is 29.8 Å². The number of sulfonamides is 1. The number of amides is 2. The highest BCUT2D eigenvalue weighted by molar-refractivity contribution is 7.89. The maximum atomic E-state index is 12.8. The molecule has 8 heteroatoms. The fourth-order valence-corrected chi connectivity index (χ4v) is 3.67. The summed E-state index contributed by atoms with van der Waals surface area (Å²) in [5.74, 6) is -0.257. The third kappa shape index (κ3) is 5.29. The number of hydrogen-bond donors (Lipinski definition) is 2. The number of nitrogens with one attached hydrogen (secondary N) is 1. The summed E-state index contributed by atoms with van der Waals surface area (Å²) in [5.41, 5.74) is -0.000536. The molecule has 3 N–H and O–H groups in total. The zero-order valence-electron chi connectivity index (χ0n) is 16.0. The van der Waals surface area contributed by atoms with Gasteiger partial charge in [0.1, 0.15) is 5.41 Å². The predicted molar refractivity (Wildman–Crippen MR) is 103 cm³/mol. The lowest BCUT2D eigenvalue weighted by molar-refractivity contribution is -0.144. The van der Waals surface area contributed by atoms with E-state index in [1.165, 1.54) is 12.1 Å². The van der Waals surface area contributed by atoms with Crippen LogP contribution in [0.4, 0.5) is 0 Å². The summed E-state index contributed by atoms with van der Waals surface area (Å²) in [5, 5.41) is 7.95. The monoisotopic (exact) mass is 395 g/mol. The van der Waals surface area contributed by atoms with Gasteiger partial charge in [0.25, 0.3) is 0 Å². The van der Waals surface area contributed by atoms with Gasteiger partial charge in [-0.25, -0.2) is 13.6 Å². The molecule has 1 aromatic rings. The fourth-order valence-electron chi connectivity index (χ4n) is 3.16. The van der Waals surface area contributed by atoms with Crippen molar-refractivity contribution in [1.82, 2.24) is 10.2 Å². The quantitative estimate of drug-likeness (QED) is 0.584. The van der Waals surface area contributed by atoms with Crippen LogP contribution in [-0.4, -0.2) is 44.8 Å². The van der Waals surface area contributed by atoms with Crippen LogP contribution in [-0.2, 0) is 26.0 Å². The van der Waals surface area contributed by atoms with E-state index >= 15 is 0 Å². The van der Waals surface area contributed by atoms with E-state index < -0.39 is 15.4 Å². The van der Waals surface area contributed by atoms with Crippen molar-refractivity contribution in [2.45, 2.75) is 50.8 Å². The Bertz CT molecular complexity index is 765. The summed E-state index contributed by atoms with van der Waals surface area (Å²) < 4.78 is 22.5. The Kier molecular flexibility index (Phi) is 7.00. The molecule has 2 rings (SSSR count). The molecule has 0 radical (unpaired) electrons. The Labute approximate surface area is 161 Å². The molecular formula is C19H29N3O4S. The van der Waals surface area contributed by atoms with E-state index in [4.69, 9.17) is 5.14 Å². The maximum absolute atomic E-state index is 12.8. The molecule has 27 heavy (non-hydrogen) atoms. The van der Waals surface area contributed by atoms with Crippen LogP contribution in [0.3, 0.4) is 0 Å². The number of carbonyl (C=O) groups is 2. The van der Waals surface area contributed by atoms with Crippen LogP contribution in [0.15, 0.2) is 29.2 Å². The molecule has 1 aliphatic carbocycles. The first kappa shape index (κ1) is 21.4. The number of benzene rings is 1. The van der Waals surface area contributed by atoms with E-state index in [0.717, 1.165) is 18.4 Å². The minimum absolute atomic E-state index is 0.0544. The van der Waals surface area contributed by atoms with Crippen molar-refractivity contribution in [2.24, 2.45) is 10.6 Å². The van der Waals surface area contributed by atoms with Gasteiger partial charge in [-0.05, 0) is 49.8 Å². The molecule has 0 spiro atoms. The Morgan fingerprint density at radius 1 is 1.11 bits per heavy atom. The number of nitrogens with zero attached hydrogens (tertiary/aromatic N) is 1. The molecule has 1 fully saturated rings. The second-order valence-corrected chi connectivity index (χ2v) is 8.63. The van der Waals surface area contributed by atoms with Crippen molar-refractivity contribution in [1.29, 1.82) is 0 Å².